The van der Waals surface area contributed by atoms with Gasteiger partial charge in [0.15, 0.2) is 0 Å². The first-order valence-electron chi connectivity index (χ1n) is 10.2. The van der Waals surface area contributed by atoms with Crippen molar-refractivity contribution in [3.63, 3.8) is 0 Å². The largest absolute Gasteiger partial charge is 0.416 e. The van der Waals surface area contributed by atoms with Crippen molar-refractivity contribution >= 4 is 28.3 Å². The lowest BCUT2D eigenvalue weighted by molar-refractivity contribution is -0.137. The summed E-state index contributed by atoms with van der Waals surface area (Å²) in [5.74, 6) is -0.447. The highest BCUT2D eigenvalue weighted by atomic mass is 19.4. The first-order chi connectivity index (χ1) is 15.4. The molecule has 0 fully saturated rings. The number of fused-ring (bicyclic) bond motifs is 2. The lowest BCUT2D eigenvalue weighted by atomic mass is 10.1. The van der Waals surface area contributed by atoms with Crippen LogP contribution < -0.4 is 10.2 Å². The molecule has 5 nitrogen and oxygen atoms in total. The molecule has 8 heteroatoms. The minimum absolute atomic E-state index is 0.106. The van der Waals surface area contributed by atoms with E-state index in [1.807, 2.05) is 24.3 Å². The van der Waals surface area contributed by atoms with E-state index in [2.05, 4.69) is 20.2 Å². The Morgan fingerprint density at radius 3 is 2.81 bits per heavy atom. The topological polar surface area (TPSA) is 61.0 Å². The number of amides is 1. The van der Waals surface area contributed by atoms with E-state index in [-0.39, 0.29) is 5.69 Å². The number of carbonyl (C=O) groups excluding carboxylic acids is 1. The Morgan fingerprint density at radius 1 is 1.09 bits per heavy atom. The predicted molar refractivity (Wildman–Crippen MR) is 117 cm³/mol. The van der Waals surface area contributed by atoms with E-state index in [4.69, 9.17) is 0 Å². The Bertz CT molecular complexity index is 1310. The molecule has 0 atom stereocenters. The third-order valence-electron chi connectivity index (χ3n) is 5.65. The molecule has 1 aliphatic heterocycles. The van der Waals surface area contributed by atoms with E-state index >= 15 is 0 Å². The van der Waals surface area contributed by atoms with Crippen molar-refractivity contribution in [2.75, 3.05) is 16.8 Å². The average molecular weight is 436 g/mol. The van der Waals surface area contributed by atoms with Crippen LogP contribution >= 0.6 is 0 Å². The normalized spacial score (nSPS) is 13.4. The fraction of sp³-hybridized carbons (Fsp3) is 0.167. The van der Waals surface area contributed by atoms with Crippen LogP contribution in [0.3, 0.4) is 0 Å². The highest BCUT2D eigenvalue weighted by Gasteiger charge is 2.30. The fourth-order valence-electron chi connectivity index (χ4n) is 4.02. The maximum atomic E-state index is 12.9. The maximum absolute atomic E-state index is 12.9. The van der Waals surface area contributed by atoms with E-state index in [0.29, 0.717) is 12.1 Å². The zero-order valence-electron chi connectivity index (χ0n) is 16.9. The Morgan fingerprint density at radius 2 is 1.97 bits per heavy atom. The molecule has 162 valence electrons. The lowest BCUT2D eigenvalue weighted by Gasteiger charge is -2.20. The van der Waals surface area contributed by atoms with Crippen LogP contribution in [-0.4, -0.2) is 22.4 Å². The number of nitrogens with zero attached hydrogens (tertiary/aromatic N) is 2. The van der Waals surface area contributed by atoms with Crippen LogP contribution in [0.5, 0.6) is 0 Å². The zero-order chi connectivity index (χ0) is 22.3. The number of anilines is 2. The zero-order valence-corrected chi connectivity index (χ0v) is 16.9. The van der Waals surface area contributed by atoms with Gasteiger partial charge >= 0.3 is 6.18 Å². The Kier molecular flexibility index (Phi) is 4.84. The number of alkyl halides is 3. The maximum Gasteiger partial charge on any atom is 0.416 e. The molecule has 0 radical (unpaired) electrons. The summed E-state index contributed by atoms with van der Waals surface area (Å²) in [5, 5.41) is 2.57. The molecule has 0 spiro atoms. The molecule has 0 saturated carbocycles. The van der Waals surface area contributed by atoms with Crippen molar-refractivity contribution in [3.05, 3.63) is 89.2 Å². The van der Waals surface area contributed by atoms with Gasteiger partial charge in [0, 0.05) is 30.0 Å². The standard InChI is InChI=1S/C24H19F3N4O/c25-24(26,27)18-2-1-3-19(12-18)30-23(32)17-6-5-16-8-9-31(22(16)11-17)13-15-4-7-20-21(10-15)29-14-28-20/h1-7,10-12,14H,8-9,13H2,(H,28,29)(H,30,32). The average Bonchev–Trinajstić information content (AvgIpc) is 3.40. The van der Waals surface area contributed by atoms with Crippen LogP contribution in [0.25, 0.3) is 11.0 Å². The van der Waals surface area contributed by atoms with Gasteiger partial charge in [0.2, 0.25) is 0 Å². The van der Waals surface area contributed by atoms with Gasteiger partial charge < -0.3 is 15.2 Å². The third kappa shape index (κ3) is 3.91. The summed E-state index contributed by atoms with van der Waals surface area (Å²) >= 11 is 0. The highest BCUT2D eigenvalue weighted by molar-refractivity contribution is 6.05. The predicted octanol–water partition coefficient (Wildman–Crippen LogP) is 5.40. The molecule has 32 heavy (non-hydrogen) atoms. The minimum Gasteiger partial charge on any atom is -0.367 e. The molecule has 3 aromatic carbocycles. The molecule has 0 bridgehead atoms. The van der Waals surface area contributed by atoms with Crippen molar-refractivity contribution in [2.24, 2.45) is 0 Å². The SMILES string of the molecule is O=C(Nc1cccc(C(F)(F)F)c1)c1ccc2c(c1)N(Cc1ccc3[nH]cnc3c1)CC2. The van der Waals surface area contributed by atoms with E-state index in [1.165, 1.54) is 12.1 Å². The first-order valence-corrected chi connectivity index (χ1v) is 10.2. The summed E-state index contributed by atoms with van der Waals surface area (Å²) in [6.07, 6.45) is -1.93. The van der Waals surface area contributed by atoms with Gasteiger partial charge in [0.1, 0.15) is 0 Å². The van der Waals surface area contributed by atoms with Crippen LogP contribution in [0.2, 0.25) is 0 Å². The number of rotatable bonds is 4. The van der Waals surface area contributed by atoms with Crippen molar-refractivity contribution in [3.8, 4) is 0 Å². The number of nitrogens with one attached hydrogen (secondary N) is 2. The summed E-state index contributed by atoms with van der Waals surface area (Å²) < 4.78 is 38.8. The van der Waals surface area contributed by atoms with Crippen LogP contribution in [0, 0.1) is 0 Å². The van der Waals surface area contributed by atoms with Gasteiger partial charge in [-0.3, -0.25) is 4.79 Å². The minimum atomic E-state index is -4.46. The molecule has 1 amide bonds. The smallest absolute Gasteiger partial charge is 0.367 e. The summed E-state index contributed by atoms with van der Waals surface area (Å²) in [4.78, 5) is 22.3. The quantitative estimate of drug-likeness (QED) is 0.451. The summed E-state index contributed by atoms with van der Waals surface area (Å²) in [5.41, 5.74) is 4.79. The van der Waals surface area contributed by atoms with E-state index < -0.39 is 17.6 Å². The molecule has 0 aliphatic carbocycles. The molecule has 1 aromatic heterocycles. The van der Waals surface area contributed by atoms with Crippen LogP contribution in [0.4, 0.5) is 24.5 Å². The van der Waals surface area contributed by atoms with E-state index in [1.54, 1.807) is 18.5 Å². The second-order valence-corrected chi connectivity index (χ2v) is 7.80. The van der Waals surface area contributed by atoms with Gasteiger partial charge in [-0.2, -0.15) is 13.2 Å². The van der Waals surface area contributed by atoms with Gasteiger partial charge in [-0.1, -0.05) is 18.2 Å². The first kappa shape index (κ1) is 20.1. The summed E-state index contributed by atoms with van der Waals surface area (Å²) in [6, 6.07) is 16.1. The van der Waals surface area contributed by atoms with Crippen LogP contribution in [0.1, 0.15) is 27.0 Å². The van der Waals surface area contributed by atoms with Crippen molar-refractivity contribution in [2.45, 2.75) is 19.1 Å². The number of carbonyl (C=O) groups is 1. The molecule has 2 heterocycles. The fourth-order valence-corrected chi connectivity index (χ4v) is 4.02. The molecule has 1 aliphatic rings. The molecule has 5 rings (SSSR count). The molecule has 2 N–H and O–H groups in total. The van der Waals surface area contributed by atoms with E-state index in [0.717, 1.165) is 52.9 Å². The summed E-state index contributed by atoms with van der Waals surface area (Å²) in [7, 11) is 0. The number of aromatic amines is 1. The number of H-pyrrole nitrogens is 1. The van der Waals surface area contributed by atoms with Crippen molar-refractivity contribution < 1.29 is 18.0 Å². The molecular formula is C24H19F3N4O. The number of aromatic nitrogens is 2. The number of hydrogen-bond acceptors (Lipinski definition) is 3. The van der Waals surface area contributed by atoms with Crippen LogP contribution in [-0.2, 0) is 19.1 Å². The highest BCUT2D eigenvalue weighted by Crippen LogP contribution is 2.32. The number of imidazole rings is 1. The van der Waals surface area contributed by atoms with Gasteiger partial charge in [-0.25, -0.2) is 4.98 Å². The van der Waals surface area contributed by atoms with Gasteiger partial charge in [-0.05, 0) is 60.0 Å². The van der Waals surface area contributed by atoms with Gasteiger partial charge in [0.25, 0.3) is 5.91 Å². The number of benzene rings is 3. The van der Waals surface area contributed by atoms with E-state index in [9.17, 15) is 18.0 Å². The van der Waals surface area contributed by atoms with Crippen LogP contribution in [0.15, 0.2) is 67.0 Å². The molecule has 0 unspecified atom stereocenters. The second-order valence-electron chi connectivity index (χ2n) is 7.80. The second kappa shape index (κ2) is 7.71. The Balaban J connectivity index is 1.35. The van der Waals surface area contributed by atoms with Crippen molar-refractivity contribution in [1.29, 1.82) is 0 Å². The van der Waals surface area contributed by atoms with Gasteiger partial charge in [-0.15, -0.1) is 0 Å². The molecule has 0 saturated heterocycles. The summed E-state index contributed by atoms with van der Waals surface area (Å²) in [6.45, 7) is 1.50. The molecular weight excluding hydrogens is 417 g/mol. The third-order valence-corrected chi connectivity index (χ3v) is 5.65. The van der Waals surface area contributed by atoms with Crippen molar-refractivity contribution in [1.82, 2.24) is 9.97 Å². The monoisotopic (exact) mass is 436 g/mol. The number of halogens is 3. The molecule has 4 aromatic rings. The lowest BCUT2D eigenvalue weighted by Crippen LogP contribution is -2.20. The van der Waals surface area contributed by atoms with Gasteiger partial charge in [0.05, 0.1) is 22.9 Å². The Hall–Kier alpha value is -3.81. The Labute approximate surface area is 181 Å². The number of hydrogen-bond donors (Lipinski definition) is 2.